The lowest BCUT2D eigenvalue weighted by Crippen LogP contribution is -2.00. The zero-order valence-corrected chi connectivity index (χ0v) is 11.1. The average molecular weight is 293 g/mol. The Labute approximate surface area is 109 Å². The molecule has 0 radical (unpaired) electrons. The van der Waals surface area contributed by atoms with Crippen molar-refractivity contribution in [1.82, 2.24) is 4.98 Å². The lowest BCUT2D eigenvalue weighted by molar-refractivity contribution is 0.470. The molecule has 0 fully saturated rings. The van der Waals surface area contributed by atoms with Gasteiger partial charge in [0.15, 0.2) is 0 Å². The topological polar surface area (TPSA) is 48.1 Å². The van der Waals surface area contributed by atoms with Gasteiger partial charge in [0.1, 0.15) is 11.5 Å². The van der Waals surface area contributed by atoms with Crippen LogP contribution in [0.1, 0.15) is 11.1 Å². The molecule has 2 N–H and O–H groups in total. The van der Waals surface area contributed by atoms with Crippen molar-refractivity contribution >= 4 is 15.9 Å². The number of nitrogens with zero attached hydrogens (tertiary/aromatic N) is 1. The van der Waals surface area contributed by atoms with Crippen LogP contribution in [0.15, 0.2) is 41.1 Å². The third kappa shape index (κ3) is 2.84. The first-order chi connectivity index (χ1) is 8.20. The molecule has 0 atom stereocenters. The summed E-state index contributed by atoms with van der Waals surface area (Å²) in [7, 11) is 0. The van der Waals surface area contributed by atoms with Crippen molar-refractivity contribution < 1.29 is 4.74 Å². The summed E-state index contributed by atoms with van der Waals surface area (Å²) in [5.41, 5.74) is 7.75. The van der Waals surface area contributed by atoms with Gasteiger partial charge in [0.25, 0.3) is 0 Å². The van der Waals surface area contributed by atoms with Gasteiger partial charge in [0, 0.05) is 22.8 Å². The Kier molecular flexibility index (Phi) is 3.76. The Morgan fingerprint density at radius 3 is 2.88 bits per heavy atom. The Hall–Kier alpha value is -1.39. The van der Waals surface area contributed by atoms with Crippen molar-refractivity contribution in [1.29, 1.82) is 0 Å². The number of pyridine rings is 1. The number of nitrogens with two attached hydrogens (primary N) is 1. The van der Waals surface area contributed by atoms with Crippen molar-refractivity contribution in [3.05, 3.63) is 52.3 Å². The summed E-state index contributed by atoms with van der Waals surface area (Å²) in [5.74, 6) is 1.51. The highest BCUT2D eigenvalue weighted by Crippen LogP contribution is 2.29. The second-order valence-corrected chi connectivity index (χ2v) is 4.62. The van der Waals surface area contributed by atoms with Gasteiger partial charge in [-0.3, -0.25) is 4.98 Å². The fourth-order valence-corrected chi connectivity index (χ4v) is 1.93. The molecule has 0 aliphatic rings. The van der Waals surface area contributed by atoms with Crippen molar-refractivity contribution in [2.45, 2.75) is 13.5 Å². The average Bonchev–Trinajstić information content (AvgIpc) is 2.32. The molecular formula is C13H13BrN2O. The maximum atomic E-state index is 5.84. The zero-order valence-electron chi connectivity index (χ0n) is 9.48. The third-order valence-electron chi connectivity index (χ3n) is 2.41. The Balaban J connectivity index is 2.35. The van der Waals surface area contributed by atoms with Crippen LogP contribution in [0.25, 0.3) is 0 Å². The molecule has 4 heteroatoms. The van der Waals surface area contributed by atoms with Crippen LogP contribution in [0.2, 0.25) is 0 Å². The lowest BCUT2D eigenvalue weighted by Gasteiger charge is -2.12. The first-order valence-corrected chi connectivity index (χ1v) is 6.07. The smallest absolute Gasteiger partial charge is 0.146 e. The molecule has 0 aliphatic heterocycles. The molecule has 3 nitrogen and oxygen atoms in total. The summed E-state index contributed by atoms with van der Waals surface area (Å²) in [6.07, 6.45) is 3.39. The van der Waals surface area contributed by atoms with Crippen molar-refractivity contribution in [3.63, 3.8) is 0 Å². The number of benzene rings is 1. The molecule has 0 spiro atoms. The van der Waals surface area contributed by atoms with E-state index in [0.717, 1.165) is 21.3 Å². The first kappa shape index (κ1) is 12.1. The van der Waals surface area contributed by atoms with Crippen LogP contribution in [0, 0.1) is 6.92 Å². The van der Waals surface area contributed by atoms with E-state index in [9.17, 15) is 0 Å². The number of ether oxygens (including phenoxy) is 1. The number of para-hydroxylation sites is 1. The van der Waals surface area contributed by atoms with E-state index in [2.05, 4.69) is 20.9 Å². The van der Waals surface area contributed by atoms with Gasteiger partial charge in [-0.2, -0.15) is 0 Å². The maximum Gasteiger partial charge on any atom is 0.146 e. The van der Waals surface area contributed by atoms with Crippen molar-refractivity contribution in [2.24, 2.45) is 5.73 Å². The van der Waals surface area contributed by atoms with Crippen LogP contribution < -0.4 is 10.5 Å². The molecule has 2 rings (SSSR count). The predicted molar refractivity (Wildman–Crippen MR) is 71.1 cm³/mol. The minimum atomic E-state index is 0.457. The highest BCUT2D eigenvalue weighted by atomic mass is 79.9. The second kappa shape index (κ2) is 5.29. The summed E-state index contributed by atoms with van der Waals surface area (Å²) < 4.78 is 6.73. The van der Waals surface area contributed by atoms with Gasteiger partial charge >= 0.3 is 0 Å². The number of aromatic nitrogens is 1. The number of rotatable bonds is 3. The van der Waals surface area contributed by atoms with Gasteiger partial charge in [-0.15, -0.1) is 0 Å². The molecule has 0 aliphatic carbocycles. The summed E-state index contributed by atoms with van der Waals surface area (Å²) in [6.45, 7) is 2.46. The van der Waals surface area contributed by atoms with Crippen LogP contribution in [0.3, 0.4) is 0 Å². The van der Waals surface area contributed by atoms with E-state index in [1.54, 1.807) is 12.4 Å². The lowest BCUT2D eigenvalue weighted by atomic mass is 10.1. The van der Waals surface area contributed by atoms with E-state index in [1.165, 1.54) is 0 Å². The number of halogens is 1. The van der Waals surface area contributed by atoms with E-state index in [0.29, 0.717) is 12.3 Å². The number of hydrogen-bond donors (Lipinski definition) is 1. The summed E-state index contributed by atoms with van der Waals surface area (Å²) in [5, 5.41) is 0. The van der Waals surface area contributed by atoms with Crippen molar-refractivity contribution in [2.75, 3.05) is 0 Å². The zero-order chi connectivity index (χ0) is 12.3. The molecule has 0 amide bonds. The molecular weight excluding hydrogens is 280 g/mol. The second-order valence-electron chi connectivity index (χ2n) is 3.71. The fraction of sp³-hybridized carbons (Fsp3) is 0.154. The highest BCUT2D eigenvalue weighted by molar-refractivity contribution is 9.10. The van der Waals surface area contributed by atoms with Crippen LogP contribution in [0.4, 0.5) is 0 Å². The van der Waals surface area contributed by atoms with Crippen molar-refractivity contribution in [3.8, 4) is 11.5 Å². The summed E-state index contributed by atoms with van der Waals surface area (Å²) in [4.78, 5) is 4.06. The molecule has 0 saturated carbocycles. The molecule has 1 aromatic heterocycles. The van der Waals surface area contributed by atoms with Gasteiger partial charge in [-0.1, -0.05) is 18.2 Å². The van der Waals surface area contributed by atoms with E-state index in [-0.39, 0.29) is 0 Å². The van der Waals surface area contributed by atoms with Crippen LogP contribution in [-0.4, -0.2) is 4.98 Å². The minimum absolute atomic E-state index is 0.457. The Bertz CT molecular complexity index is 529. The van der Waals surface area contributed by atoms with Gasteiger partial charge in [-0.05, 0) is 34.5 Å². The summed E-state index contributed by atoms with van der Waals surface area (Å²) in [6, 6.07) is 7.82. The normalized spacial score (nSPS) is 10.3. The molecule has 17 heavy (non-hydrogen) atoms. The molecule has 2 aromatic rings. The molecule has 0 saturated heterocycles. The number of aryl methyl sites for hydroxylation is 1. The fourth-order valence-electron chi connectivity index (χ4n) is 1.59. The maximum absolute atomic E-state index is 5.84. The van der Waals surface area contributed by atoms with Crippen LogP contribution in [-0.2, 0) is 6.54 Å². The van der Waals surface area contributed by atoms with Gasteiger partial charge in [0.2, 0.25) is 0 Å². The molecule has 0 bridgehead atoms. The van der Waals surface area contributed by atoms with Crippen LogP contribution >= 0.6 is 15.9 Å². The van der Waals surface area contributed by atoms with Gasteiger partial charge in [-0.25, -0.2) is 0 Å². The van der Waals surface area contributed by atoms with E-state index in [1.807, 2.05) is 31.2 Å². The Morgan fingerprint density at radius 2 is 2.18 bits per heavy atom. The monoisotopic (exact) mass is 292 g/mol. The number of hydrogen-bond acceptors (Lipinski definition) is 3. The van der Waals surface area contributed by atoms with Crippen LogP contribution in [0.5, 0.6) is 11.5 Å². The van der Waals surface area contributed by atoms with E-state index < -0.39 is 0 Å². The molecule has 1 heterocycles. The largest absolute Gasteiger partial charge is 0.455 e. The van der Waals surface area contributed by atoms with Gasteiger partial charge in [0.05, 0.1) is 6.20 Å². The standard InChI is InChI=1S/C13H13BrN2O/c1-9-3-2-4-10(6-15)13(9)17-12-5-11(14)7-16-8-12/h2-5,7-8H,6,15H2,1H3. The molecule has 1 aromatic carbocycles. The quantitative estimate of drug-likeness (QED) is 0.943. The highest BCUT2D eigenvalue weighted by Gasteiger charge is 2.07. The van der Waals surface area contributed by atoms with E-state index in [4.69, 9.17) is 10.5 Å². The predicted octanol–water partition coefficient (Wildman–Crippen LogP) is 3.40. The third-order valence-corrected chi connectivity index (χ3v) is 2.85. The SMILES string of the molecule is Cc1cccc(CN)c1Oc1cncc(Br)c1. The molecule has 0 unspecified atom stereocenters. The minimum Gasteiger partial charge on any atom is -0.455 e. The Morgan fingerprint density at radius 1 is 1.35 bits per heavy atom. The summed E-state index contributed by atoms with van der Waals surface area (Å²) >= 11 is 3.36. The first-order valence-electron chi connectivity index (χ1n) is 5.27. The molecule has 88 valence electrons. The van der Waals surface area contributed by atoms with Gasteiger partial charge < -0.3 is 10.5 Å². The van der Waals surface area contributed by atoms with E-state index >= 15 is 0 Å².